The second-order valence-electron chi connectivity index (χ2n) is 6.68. The van der Waals surface area contributed by atoms with Crippen molar-refractivity contribution in [3.63, 3.8) is 0 Å². The summed E-state index contributed by atoms with van der Waals surface area (Å²) in [6.45, 7) is 6.84. The zero-order valence-electron chi connectivity index (χ0n) is 16.0. The molecule has 2 rings (SSSR count). The molecule has 0 aromatic heterocycles. The molecule has 1 amide bonds. The predicted octanol–water partition coefficient (Wildman–Crippen LogP) is 3.65. The minimum atomic E-state index is -3.57. The lowest BCUT2D eigenvalue weighted by atomic mass is 9.97. The van der Waals surface area contributed by atoms with Crippen LogP contribution in [0, 0.1) is 6.92 Å². The Balaban J connectivity index is 2.11. The summed E-state index contributed by atoms with van der Waals surface area (Å²) in [6, 6.07) is 4.78. The maximum Gasteiger partial charge on any atom is 0.251 e. The van der Waals surface area contributed by atoms with Crippen molar-refractivity contribution in [3.8, 4) is 0 Å². The van der Waals surface area contributed by atoms with Crippen molar-refractivity contribution >= 4 is 15.9 Å². The van der Waals surface area contributed by atoms with Gasteiger partial charge in [-0.3, -0.25) is 4.79 Å². The Morgan fingerprint density at radius 1 is 1.19 bits per heavy atom. The van der Waals surface area contributed by atoms with E-state index in [0.29, 0.717) is 25.2 Å². The molecule has 1 aromatic carbocycles. The maximum absolute atomic E-state index is 12.7. The van der Waals surface area contributed by atoms with Gasteiger partial charge in [0.1, 0.15) is 0 Å². The molecule has 1 aliphatic rings. The molecule has 26 heavy (non-hydrogen) atoms. The van der Waals surface area contributed by atoms with E-state index in [1.807, 2.05) is 20.8 Å². The fourth-order valence-electron chi connectivity index (χ4n) is 3.28. The van der Waals surface area contributed by atoms with Crippen LogP contribution >= 0.6 is 0 Å². The molecule has 144 valence electrons. The summed E-state index contributed by atoms with van der Waals surface area (Å²) in [6.07, 6.45) is 7.87. The third-order valence-corrected chi connectivity index (χ3v) is 6.96. The van der Waals surface area contributed by atoms with Crippen LogP contribution < -0.4 is 5.32 Å². The minimum absolute atomic E-state index is 0.173. The monoisotopic (exact) mass is 378 g/mol. The van der Waals surface area contributed by atoms with Gasteiger partial charge < -0.3 is 5.32 Å². The third kappa shape index (κ3) is 4.95. The summed E-state index contributed by atoms with van der Waals surface area (Å²) >= 11 is 0. The van der Waals surface area contributed by atoms with Gasteiger partial charge in [0, 0.05) is 25.2 Å². The highest BCUT2D eigenvalue weighted by molar-refractivity contribution is 7.89. The fraction of sp³-hybridized carbons (Fsp3) is 0.550. The van der Waals surface area contributed by atoms with Crippen LogP contribution in [0.25, 0.3) is 0 Å². The average Bonchev–Trinajstić information content (AvgIpc) is 2.63. The van der Waals surface area contributed by atoms with Crippen molar-refractivity contribution in [2.24, 2.45) is 0 Å². The molecular formula is C20H30N2O3S. The first-order valence-corrected chi connectivity index (χ1v) is 10.9. The molecule has 5 nitrogen and oxygen atoms in total. The molecule has 0 fully saturated rings. The van der Waals surface area contributed by atoms with Crippen molar-refractivity contribution in [1.82, 2.24) is 9.62 Å². The van der Waals surface area contributed by atoms with E-state index in [1.165, 1.54) is 28.8 Å². The molecule has 0 saturated heterocycles. The summed E-state index contributed by atoms with van der Waals surface area (Å²) in [4.78, 5) is 12.7. The first-order chi connectivity index (χ1) is 12.4. The van der Waals surface area contributed by atoms with Gasteiger partial charge in [-0.15, -0.1) is 0 Å². The Labute approximate surface area is 157 Å². The van der Waals surface area contributed by atoms with Crippen LogP contribution in [-0.2, 0) is 10.0 Å². The lowest BCUT2D eigenvalue weighted by Gasteiger charge is -2.19. The zero-order chi connectivity index (χ0) is 19.2. The predicted molar refractivity (Wildman–Crippen MR) is 105 cm³/mol. The van der Waals surface area contributed by atoms with Crippen LogP contribution in [-0.4, -0.2) is 38.3 Å². The average molecular weight is 379 g/mol. The van der Waals surface area contributed by atoms with Gasteiger partial charge in [0.25, 0.3) is 5.91 Å². The number of hydrogen-bond donors (Lipinski definition) is 1. The topological polar surface area (TPSA) is 66.5 Å². The highest BCUT2D eigenvalue weighted by atomic mass is 32.2. The minimum Gasteiger partial charge on any atom is -0.352 e. The van der Waals surface area contributed by atoms with Crippen LogP contribution in [0.4, 0.5) is 0 Å². The number of amides is 1. The first kappa shape index (κ1) is 20.6. The van der Waals surface area contributed by atoms with E-state index in [1.54, 1.807) is 12.1 Å². The highest BCUT2D eigenvalue weighted by Crippen LogP contribution is 2.21. The number of allylic oxidation sites excluding steroid dienone is 1. The lowest BCUT2D eigenvalue weighted by Crippen LogP contribution is -2.31. The van der Waals surface area contributed by atoms with Crippen molar-refractivity contribution in [1.29, 1.82) is 0 Å². The van der Waals surface area contributed by atoms with E-state index in [4.69, 9.17) is 0 Å². The number of nitrogens with zero attached hydrogens (tertiary/aromatic N) is 1. The molecule has 0 atom stereocenters. The number of aryl methyl sites for hydroxylation is 1. The third-order valence-electron chi connectivity index (χ3n) is 4.91. The van der Waals surface area contributed by atoms with E-state index in [9.17, 15) is 13.2 Å². The Kier molecular flexibility index (Phi) is 7.41. The second-order valence-corrected chi connectivity index (χ2v) is 8.62. The van der Waals surface area contributed by atoms with Crippen molar-refractivity contribution in [2.45, 2.75) is 57.8 Å². The molecule has 0 aliphatic heterocycles. The Hall–Kier alpha value is -1.66. The molecule has 1 N–H and O–H groups in total. The lowest BCUT2D eigenvalue weighted by molar-refractivity contribution is 0.0953. The molecule has 0 unspecified atom stereocenters. The Bertz CT molecular complexity index is 765. The summed E-state index contributed by atoms with van der Waals surface area (Å²) < 4.78 is 26.8. The molecule has 6 heteroatoms. The van der Waals surface area contributed by atoms with Crippen LogP contribution in [0.5, 0.6) is 0 Å². The number of carbonyl (C=O) groups is 1. The second kappa shape index (κ2) is 9.33. The van der Waals surface area contributed by atoms with E-state index >= 15 is 0 Å². The van der Waals surface area contributed by atoms with Gasteiger partial charge in [0.05, 0.1) is 4.90 Å². The number of sulfonamides is 1. The number of rotatable bonds is 8. The molecule has 0 radical (unpaired) electrons. The number of hydrogen-bond acceptors (Lipinski definition) is 3. The van der Waals surface area contributed by atoms with Gasteiger partial charge >= 0.3 is 0 Å². The van der Waals surface area contributed by atoms with E-state index in [2.05, 4.69) is 11.4 Å². The summed E-state index contributed by atoms with van der Waals surface area (Å²) in [5.74, 6) is -0.212. The smallest absolute Gasteiger partial charge is 0.251 e. The van der Waals surface area contributed by atoms with Gasteiger partial charge in [0.15, 0.2) is 0 Å². The van der Waals surface area contributed by atoms with E-state index in [0.717, 1.165) is 24.8 Å². The molecule has 0 spiro atoms. The molecular weight excluding hydrogens is 348 g/mol. The van der Waals surface area contributed by atoms with E-state index in [-0.39, 0.29) is 10.8 Å². The first-order valence-electron chi connectivity index (χ1n) is 9.47. The normalized spacial score (nSPS) is 15.0. The molecule has 0 saturated carbocycles. The Morgan fingerprint density at radius 3 is 2.54 bits per heavy atom. The molecule has 1 aliphatic carbocycles. The number of nitrogens with one attached hydrogen (secondary N) is 1. The summed E-state index contributed by atoms with van der Waals surface area (Å²) in [7, 11) is -3.57. The van der Waals surface area contributed by atoms with Gasteiger partial charge in [-0.25, -0.2) is 8.42 Å². The standard InChI is InChI=1S/C20H30N2O3S/c1-4-22(5-2)26(24,25)18-12-11-16(3)19(15-18)20(23)21-14-13-17-9-7-6-8-10-17/h9,11-12,15H,4-8,10,13-14H2,1-3H3,(H,21,23). The van der Waals surface area contributed by atoms with Gasteiger partial charge in [0.2, 0.25) is 10.0 Å². The van der Waals surface area contributed by atoms with E-state index < -0.39 is 10.0 Å². The van der Waals surface area contributed by atoms with Crippen LogP contribution in [0.3, 0.4) is 0 Å². The SMILES string of the molecule is CCN(CC)S(=O)(=O)c1ccc(C)c(C(=O)NCCC2=CCCCC2)c1. The molecule has 0 heterocycles. The quantitative estimate of drug-likeness (QED) is 0.702. The zero-order valence-corrected chi connectivity index (χ0v) is 16.9. The highest BCUT2D eigenvalue weighted by Gasteiger charge is 2.23. The van der Waals surface area contributed by atoms with Gasteiger partial charge in [-0.2, -0.15) is 4.31 Å². The summed E-state index contributed by atoms with van der Waals surface area (Å²) in [5, 5.41) is 2.93. The number of carbonyl (C=O) groups excluding carboxylic acids is 1. The van der Waals surface area contributed by atoms with Crippen molar-refractivity contribution in [3.05, 3.63) is 41.0 Å². The largest absolute Gasteiger partial charge is 0.352 e. The van der Waals surface area contributed by atoms with Crippen molar-refractivity contribution < 1.29 is 13.2 Å². The molecule has 1 aromatic rings. The Morgan fingerprint density at radius 2 is 1.92 bits per heavy atom. The van der Waals surface area contributed by atoms with Gasteiger partial charge in [-0.1, -0.05) is 31.6 Å². The van der Waals surface area contributed by atoms with Crippen LogP contribution in [0.2, 0.25) is 0 Å². The van der Waals surface area contributed by atoms with Crippen molar-refractivity contribution in [2.75, 3.05) is 19.6 Å². The maximum atomic E-state index is 12.7. The van der Waals surface area contributed by atoms with Crippen LogP contribution in [0.1, 0.15) is 61.9 Å². The fourth-order valence-corrected chi connectivity index (χ4v) is 4.77. The van der Waals surface area contributed by atoms with Gasteiger partial charge in [-0.05, 0) is 56.7 Å². The summed E-state index contributed by atoms with van der Waals surface area (Å²) in [5.41, 5.74) is 2.61. The number of benzene rings is 1. The molecule has 0 bridgehead atoms. The van der Waals surface area contributed by atoms with Crippen LogP contribution in [0.15, 0.2) is 34.7 Å².